The smallest absolute Gasteiger partial charge is 0.304 e. The summed E-state index contributed by atoms with van der Waals surface area (Å²) >= 11 is 0. The maximum Gasteiger partial charge on any atom is 0.304 e. The molecule has 0 amide bonds. The number of rotatable bonds is 1. The average molecular weight is 150 g/mol. The van der Waals surface area contributed by atoms with Gasteiger partial charge in [-0.05, 0) is 12.5 Å². The van der Waals surface area contributed by atoms with Crippen molar-refractivity contribution in [2.24, 2.45) is 0 Å². The summed E-state index contributed by atoms with van der Waals surface area (Å²) in [6.07, 6.45) is 5.27. The van der Waals surface area contributed by atoms with Crippen LogP contribution >= 0.6 is 0 Å². The maximum absolute atomic E-state index is 10.5. The first-order valence-corrected chi connectivity index (χ1v) is 3.61. The van der Waals surface area contributed by atoms with Gasteiger partial charge in [0.15, 0.2) is 6.10 Å². The van der Waals surface area contributed by atoms with Crippen LogP contribution in [0.1, 0.15) is 19.8 Å². The van der Waals surface area contributed by atoms with Crippen LogP contribution in [0.15, 0.2) is 12.2 Å². The van der Waals surface area contributed by atoms with E-state index in [1.807, 2.05) is 12.2 Å². The topological polar surface area (TPSA) is 26.3 Å². The number of carbonyl (C=O) groups is 1. The largest absolute Gasteiger partial charge is 0.445 e. The van der Waals surface area contributed by atoms with Crippen molar-refractivity contribution in [2.75, 3.05) is 0 Å². The Balaban J connectivity index is 2.53. The molecule has 58 valence electrons. The van der Waals surface area contributed by atoms with Crippen molar-refractivity contribution in [1.29, 1.82) is 0 Å². The van der Waals surface area contributed by atoms with E-state index in [0.29, 0.717) is 0 Å². The van der Waals surface area contributed by atoms with Crippen molar-refractivity contribution >= 4 is 5.97 Å². The molecule has 0 N–H and O–H groups in total. The van der Waals surface area contributed by atoms with Gasteiger partial charge in [-0.1, -0.05) is 17.9 Å². The zero-order valence-electron chi connectivity index (χ0n) is 6.46. The molecule has 0 aromatic rings. The number of allylic oxidation sites excluding steroid dienone is 1. The molecule has 1 aliphatic rings. The summed E-state index contributed by atoms with van der Waals surface area (Å²) < 4.78 is 4.87. The van der Waals surface area contributed by atoms with Gasteiger partial charge in [-0.25, -0.2) is 0 Å². The summed E-state index contributed by atoms with van der Waals surface area (Å²) in [6, 6.07) is 0. The van der Waals surface area contributed by atoms with E-state index < -0.39 is 0 Å². The van der Waals surface area contributed by atoms with Gasteiger partial charge < -0.3 is 4.74 Å². The van der Waals surface area contributed by atoms with Gasteiger partial charge in [-0.2, -0.15) is 0 Å². The first-order valence-electron chi connectivity index (χ1n) is 3.61. The molecule has 0 saturated carbocycles. The maximum atomic E-state index is 10.5. The fourth-order valence-corrected chi connectivity index (χ4v) is 0.844. The van der Waals surface area contributed by atoms with Crippen LogP contribution in [0.3, 0.4) is 0 Å². The molecule has 1 unspecified atom stereocenters. The Morgan fingerprint density at radius 3 is 3.27 bits per heavy atom. The molecule has 0 fully saturated rings. The molecule has 0 spiro atoms. The standard InChI is InChI=1S/C9H10O2/c1-8(10)11-9-6-4-2-3-5-7-9/h4,6,9H,2-3H2,1H3. The highest BCUT2D eigenvalue weighted by molar-refractivity contribution is 5.66. The molecular weight excluding hydrogens is 140 g/mol. The lowest BCUT2D eigenvalue weighted by atomic mass is 10.3. The Kier molecular flexibility index (Phi) is 2.74. The predicted molar refractivity (Wildman–Crippen MR) is 41.7 cm³/mol. The fraction of sp³-hybridized carbons (Fsp3) is 0.444. The molecule has 0 radical (unpaired) electrons. The Bertz CT molecular complexity index is 230. The van der Waals surface area contributed by atoms with Gasteiger partial charge in [0.2, 0.25) is 0 Å². The Hall–Kier alpha value is -1.23. The van der Waals surface area contributed by atoms with Crippen LogP contribution in [0, 0.1) is 11.8 Å². The van der Waals surface area contributed by atoms with Crippen LogP contribution in [0.5, 0.6) is 0 Å². The molecule has 0 bridgehead atoms. The third-order valence-electron chi connectivity index (χ3n) is 1.28. The quantitative estimate of drug-likeness (QED) is 0.319. The third-order valence-corrected chi connectivity index (χ3v) is 1.28. The SMILES string of the molecule is CC(=O)OC1C#CCCC=C1. The minimum absolute atomic E-state index is 0.282. The van der Waals surface area contributed by atoms with E-state index in [-0.39, 0.29) is 12.1 Å². The minimum Gasteiger partial charge on any atom is -0.445 e. The van der Waals surface area contributed by atoms with Crippen molar-refractivity contribution in [3.63, 3.8) is 0 Å². The van der Waals surface area contributed by atoms with Crippen molar-refractivity contribution in [3.05, 3.63) is 12.2 Å². The summed E-state index contributed by atoms with van der Waals surface area (Å²) in [7, 11) is 0. The van der Waals surface area contributed by atoms with Gasteiger partial charge in [-0.3, -0.25) is 4.79 Å². The number of esters is 1. The van der Waals surface area contributed by atoms with Crippen LogP contribution in [-0.4, -0.2) is 12.1 Å². The van der Waals surface area contributed by atoms with Gasteiger partial charge in [-0.15, -0.1) is 0 Å². The van der Waals surface area contributed by atoms with Gasteiger partial charge in [0.25, 0.3) is 0 Å². The monoisotopic (exact) mass is 150 g/mol. The van der Waals surface area contributed by atoms with Gasteiger partial charge >= 0.3 is 5.97 Å². The van der Waals surface area contributed by atoms with Crippen LogP contribution in [0.2, 0.25) is 0 Å². The first-order chi connectivity index (χ1) is 5.29. The molecular formula is C9H10O2. The number of hydrogen-bond donors (Lipinski definition) is 0. The molecule has 0 saturated heterocycles. The lowest BCUT2D eigenvalue weighted by Crippen LogP contribution is -2.10. The van der Waals surface area contributed by atoms with Gasteiger partial charge in [0.1, 0.15) is 0 Å². The summed E-state index contributed by atoms with van der Waals surface area (Å²) in [6.45, 7) is 1.39. The van der Waals surface area contributed by atoms with Crippen LogP contribution in [0.4, 0.5) is 0 Å². The first kappa shape index (κ1) is 7.87. The molecule has 11 heavy (non-hydrogen) atoms. The Labute approximate surface area is 66.2 Å². The van der Waals surface area contributed by atoms with Gasteiger partial charge in [0.05, 0.1) is 0 Å². The summed E-state index contributed by atoms with van der Waals surface area (Å²) in [4.78, 5) is 10.5. The minimum atomic E-state index is -0.324. The summed E-state index contributed by atoms with van der Waals surface area (Å²) in [5, 5.41) is 0. The summed E-state index contributed by atoms with van der Waals surface area (Å²) in [5.74, 6) is 5.46. The zero-order chi connectivity index (χ0) is 8.10. The number of hydrogen-bond acceptors (Lipinski definition) is 2. The highest BCUT2D eigenvalue weighted by Gasteiger charge is 2.03. The van der Waals surface area contributed by atoms with Gasteiger partial charge in [0, 0.05) is 13.3 Å². The molecule has 2 heteroatoms. The van der Waals surface area contributed by atoms with Crippen molar-refractivity contribution in [2.45, 2.75) is 25.9 Å². The second-order valence-electron chi connectivity index (χ2n) is 2.32. The molecule has 0 aliphatic heterocycles. The van der Waals surface area contributed by atoms with Crippen molar-refractivity contribution in [1.82, 2.24) is 0 Å². The summed E-state index contributed by atoms with van der Waals surface area (Å²) in [5.41, 5.74) is 0. The zero-order valence-corrected chi connectivity index (χ0v) is 6.46. The second-order valence-corrected chi connectivity index (χ2v) is 2.32. The van der Waals surface area contributed by atoms with E-state index in [1.54, 1.807) is 0 Å². The average Bonchev–Trinajstić information content (AvgIpc) is 2.14. The molecule has 1 rings (SSSR count). The molecule has 0 aromatic heterocycles. The fourth-order valence-electron chi connectivity index (χ4n) is 0.844. The van der Waals surface area contributed by atoms with E-state index in [2.05, 4.69) is 11.8 Å². The molecule has 2 nitrogen and oxygen atoms in total. The van der Waals surface area contributed by atoms with E-state index in [9.17, 15) is 4.79 Å². The third kappa shape index (κ3) is 2.90. The van der Waals surface area contributed by atoms with E-state index in [4.69, 9.17) is 4.74 Å². The second kappa shape index (κ2) is 3.82. The van der Waals surface area contributed by atoms with Crippen LogP contribution in [-0.2, 0) is 9.53 Å². The van der Waals surface area contributed by atoms with Crippen LogP contribution < -0.4 is 0 Å². The molecule has 0 heterocycles. The lowest BCUT2D eigenvalue weighted by Gasteiger charge is -2.03. The van der Waals surface area contributed by atoms with Crippen molar-refractivity contribution in [3.8, 4) is 11.8 Å². The van der Waals surface area contributed by atoms with E-state index in [0.717, 1.165) is 12.8 Å². The number of carbonyl (C=O) groups excluding carboxylic acids is 1. The van der Waals surface area contributed by atoms with E-state index >= 15 is 0 Å². The number of ether oxygens (including phenoxy) is 1. The highest BCUT2D eigenvalue weighted by Crippen LogP contribution is 2.01. The predicted octanol–water partition coefficient (Wildman–Crippen LogP) is 1.27. The Morgan fingerprint density at radius 1 is 1.73 bits per heavy atom. The lowest BCUT2D eigenvalue weighted by molar-refractivity contribution is -0.142. The molecule has 0 aromatic carbocycles. The normalized spacial score (nSPS) is 21.4. The van der Waals surface area contributed by atoms with Crippen molar-refractivity contribution < 1.29 is 9.53 Å². The Morgan fingerprint density at radius 2 is 2.55 bits per heavy atom. The molecule has 1 atom stereocenters. The molecule has 1 aliphatic carbocycles. The van der Waals surface area contributed by atoms with Crippen LogP contribution in [0.25, 0.3) is 0 Å². The van der Waals surface area contributed by atoms with E-state index in [1.165, 1.54) is 6.92 Å². The highest BCUT2D eigenvalue weighted by atomic mass is 16.5.